The topological polar surface area (TPSA) is 20.3 Å². The molecule has 1 heterocycles. The quantitative estimate of drug-likeness (QED) is 0.485. The Morgan fingerprint density at radius 1 is 0.741 bits per heavy atom. The van der Waals surface area contributed by atoms with Crippen molar-refractivity contribution in [2.75, 3.05) is 13.1 Å². The summed E-state index contributed by atoms with van der Waals surface area (Å²) in [5.41, 5.74) is 1.12. The van der Waals surface area contributed by atoms with E-state index in [0.717, 1.165) is 46.6 Å². The van der Waals surface area contributed by atoms with Crippen molar-refractivity contribution in [3.63, 3.8) is 0 Å². The summed E-state index contributed by atoms with van der Waals surface area (Å²) in [5, 5.41) is 1.85. The van der Waals surface area contributed by atoms with Crippen LogP contribution in [0, 0.1) is 0 Å². The molecule has 3 aromatic carbocycles. The highest BCUT2D eigenvalue weighted by Gasteiger charge is 2.42. The van der Waals surface area contributed by atoms with Crippen LogP contribution in [-0.2, 0) is 4.57 Å². The highest BCUT2D eigenvalue weighted by molar-refractivity contribution is 9.10. The van der Waals surface area contributed by atoms with Gasteiger partial charge < -0.3 is 4.57 Å². The van der Waals surface area contributed by atoms with Crippen LogP contribution < -0.4 is 10.6 Å². The Labute approximate surface area is 169 Å². The number of halogens is 1. The molecule has 27 heavy (non-hydrogen) atoms. The van der Waals surface area contributed by atoms with Crippen molar-refractivity contribution in [1.82, 2.24) is 4.90 Å². The monoisotopic (exact) mass is 439 g/mol. The van der Waals surface area contributed by atoms with E-state index in [2.05, 4.69) is 45.1 Å². The molecule has 138 valence electrons. The maximum absolute atomic E-state index is 14.9. The molecule has 1 fully saturated rings. The van der Waals surface area contributed by atoms with E-state index < -0.39 is 7.14 Å². The van der Waals surface area contributed by atoms with Gasteiger partial charge in [-0.2, -0.15) is 0 Å². The van der Waals surface area contributed by atoms with Crippen molar-refractivity contribution >= 4 is 33.7 Å². The SMILES string of the molecule is O=P(c1ccccc1)(c1ccccc1)C(c1ccc(Br)cc1)N1CCCC1. The molecule has 0 bridgehead atoms. The molecular weight excluding hydrogens is 417 g/mol. The normalized spacial score (nSPS) is 16.3. The standard InChI is InChI=1S/C23H23BrNOP/c24-20-15-13-19(14-16-20)23(25-17-7-8-18-25)27(26,21-9-3-1-4-10-21)22-11-5-2-6-12-22/h1-6,9-16,23H,7-8,17-18H2. The van der Waals surface area contributed by atoms with Gasteiger partial charge in [0, 0.05) is 15.1 Å². The molecule has 0 aromatic heterocycles. The summed E-state index contributed by atoms with van der Waals surface area (Å²) >= 11 is 3.54. The van der Waals surface area contributed by atoms with E-state index >= 15 is 0 Å². The second-order valence-corrected chi connectivity index (χ2v) is 10.8. The molecule has 0 saturated carbocycles. The molecule has 1 atom stereocenters. The molecule has 1 aliphatic heterocycles. The maximum atomic E-state index is 14.9. The van der Waals surface area contributed by atoms with Crippen molar-refractivity contribution in [1.29, 1.82) is 0 Å². The predicted molar refractivity (Wildman–Crippen MR) is 117 cm³/mol. The van der Waals surface area contributed by atoms with Gasteiger partial charge in [-0.25, -0.2) is 0 Å². The Kier molecular flexibility index (Phi) is 5.63. The van der Waals surface area contributed by atoms with Crippen LogP contribution in [0.15, 0.2) is 89.4 Å². The molecule has 1 unspecified atom stereocenters. The minimum atomic E-state index is -2.91. The first kappa shape index (κ1) is 18.7. The Balaban J connectivity index is 1.94. The van der Waals surface area contributed by atoms with E-state index in [0.29, 0.717) is 0 Å². The van der Waals surface area contributed by atoms with Gasteiger partial charge in [0.2, 0.25) is 0 Å². The Bertz CT molecular complexity index is 878. The second-order valence-electron chi connectivity index (χ2n) is 7.00. The number of nitrogens with zero attached hydrogens (tertiary/aromatic N) is 1. The zero-order chi connectivity index (χ0) is 18.7. The minimum absolute atomic E-state index is 0.141. The zero-order valence-electron chi connectivity index (χ0n) is 15.2. The third-order valence-electron chi connectivity index (χ3n) is 5.28. The summed E-state index contributed by atoms with van der Waals surface area (Å²) in [4.78, 5) is 2.42. The first-order valence-corrected chi connectivity index (χ1v) is 12.0. The van der Waals surface area contributed by atoms with Gasteiger partial charge in [0.25, 0.3) is 0 Å². The molecule has 4 rings (SSSR count). The Morgan fingerprint density at radius 2 is 1.22 bits per heavy atom. The maximum Gasteiger partial charge on any atom is 0.163 e. The fourth-order valence-corrected chi connectivity index (χ4v) is 7.64. The van der Waals surface area contributed by atoms with Crippen LogP contribution in [0.1, 0.15) is 24.2 Å². The van der Waals surface area contributed by atoms with Gasteiger partial charge in [-0.15, -0.1) is 0 Å². The highest BCUT2D eigenvalue weighted by Crippen LogP contribution is 2.59. The molecule has 4 heteroatoms. The number of likely N-dealkylation sites (tertiary alicyclic amines) is 1. The molecule has 0 amide bonds. The van der Waals surface area contributed by atoms with Crippen LogP contribution in [0.3, 0.4) is 0 Å². The second kappa shape index (κ2) is 8.14. The molecule has 0 aliphatic carbocycles. The first-order chi connectivity index (χ1) is 13.2. The van der Waals surface area contributed by atoms with Crippen LogP contribution in [0.5, 0.6) is 0 Å². The fourth-order valence-electron chi connectivity index (χ4n) is 4.00. The molecule has 1 saturated heterocycles. The average Bonchev–Trinajstić information content (AvgIpc) is 3.25. The van der Waals surface area contributed by atoms with Crippen LogP contribution >= 0.6 is 23.1 Å². The summed E-state index contributed by atoms with van der Waals surface area (Å²) < 4.78 is 16.0. The smallest absolute Gasteiger partial charge is 0.163 e. The minimum Gasteiger partial charge on any atom is -0.312 e. The van der Waals surface area contributed by atoms with Crippen LogP contribution in [0.2, 0.25) is 0 Å². The summed E-state index contributed by atoms with van der Waals surface area (Å²) in [6, 6.07) is 28.4. The molecule has 1 aliphatic rings. The first-order valence-electron chi connectivity index (χ1n) is 9.40. The molecule has 0 spiro atoms. The fraction of sp³-hybridized carbons (Fsp3) is 0.217. The third-order valence-corrected chi connectivity index (χ3v) is 9.25. The summed E-state index contributed by atoms with van der Waals surface area (Å²) in [6.07, 6.45) is 2.33. The van der Waals surface area contributed by atoms with Gasteiger partial charge in [0.15, 0.2) is 7.14 Å². The predicted octanol–water partition coefficient (Wildman–Crippen LogP) is 5.56. The van der Waals surface area contributed by atoms with Gasteiger partial charge in [0.05, 0.1) is 5.78 Å². The van der Waals surface area contributed by atoms with Gasteiger partial charge in [-0.3, -0.25) is 4.90 Å². The van der Waals surface area contributed by atoms with Crippen LogP contribution in [-0.4, -0.2) is 18.0 Å². The summed E-state index contributed by atoms with van der Waals surface area (Å²) in [7, 11) is -2.91. The Morgan fingerprint density at radius 3 is 1.70 bits per heavy atom. The highest BCUT2D eigenvalue weighted by atomic mass is 79.9. The van der Waals surface area contributed by atoms with Crippen molar-refractivity contribution < 1.29 is 4.57 Å². The zero-order valence-corrected chi connectivity index (χ0v) is 17.6. The van der Waals surface area contributed by atoms with E-state index in [1.54, 1.807) is 0 Å². The molecule has 0 N–H and O–H groups in total. The summed E-state index contributed by atoms with van der Waals surface area (Å²) in [5.74, 6) is -0.141. The largest absolute Gasteiger partial charge is 0.312 e. The van der Waals surface area contributed by atoms with Crippen molar-refractivity contribution in [3.05, 3.63) is 95.0 Å². The molecule has 0 radical (unpaired) electrons. The van der Waals surface area contributed by atoms with E-state index in [4.69, 9.17) is 0 Å². The number of hydrogen-bond acceptors (Lipinski definition) is 2. The lowest BCUT2D eigenvalue weighted by Crippen LogP contribution is -2.32. The number of hydrogen-bond donors (Lipinski definition) is 0. The lowest BCUT2D eigenvalue weighted by atomic mass is 10.2. The molecule has 3 aromatic rings. The van der Waals surface area contributed by atoms with E-state index in [-0.39, 0.29) is 5.78 Å². The van der Waals surface area contributed by atoms with Crippen molar-refractivity contribution in [2.24, 2.45) is 0 Å². The van der Waals surface area contributed by atoms with Gasteiger partial charge in [0.1, 0.15) is 0 Å². The van der Waals surface area contributed by atoms with Crippen LogP contribution in [0.4, 0.5) is 0 Å². The number of rotatable bonds is 5. The molecular formula is C23H23BrNOP. The van der Waals surface area contributed by atoms with E-state index in [1.807, 2.05) is 60.7 Å². The van der Waals surface area contributed by atoms with E-state index in [1.165, 1.54) is 0 Å². The lowest BCUT2D eigenvalue weighted by molar-refractivity contribution is 0.310. The van der Waals surface area contributed by atoms with Crippen molar-refractivity contribution in [2.45, 2.75) is 18.6 Å². The third kappa shape index (κ3) is 3.69. The Hall–Kier alpha value is -1.67. The lowest BCUT2D eigenvalue weighted by Gasteiger charge is -2.35. The van der Waals surface area contributed by atoms with Gasteiger partial charge in [-0.1, -0.05) is 88.7 Å². The van der Waals surface area contributed by atoms with Crippen molar-refractivity contribution in [3.8, 4) is 0 Å². The van der Waals surface area contributed by atoms with Gasteiger partial charge in [-0.05, 0) is 43.6 Å². The van der Waals surface area contributed by atoms with E-state index in [9.17, 15) is 4.57 Å². The number of benzene rings is 3. The van der Waals surface area contributed by atoms with Gasteiger partial charge >= 0.3 is 0 Å². The average molecular weight is 440 g/mol. The van der Waals surface area contributed by atoms with Crippen LogP contribution in [0.25, 0.3) is 0 Å². The summed E-state index contributed by atoms with van der Waals surface area (Å²) in [6.45, 7) is 1.98. The molecule has 2 nitrogen and oxygen atoms in total.